The first kappa shape index (κ1) is 46.9. The monoisotopic (exact) mass is 450 g/mol. The number of hydrogen-bond acceptors (Lipinski definition) is 4. The van der Waals surface area contributed by atoms with Crippen LogP contribution < -0.4 is 0 Å². The molecule has 32 heavy (non-hydrogen) atoms. The molecule has 0 aliphatic carbocycles. The third kappa shape index (κ3) is 128. The zero-order valence-electron chi connectivity index (χ0n) is 22.2. The molecule has 0 rings (SSSR count). The predicted octanol–water partition coefficient (Wildman–Crippen LogP) is 8.38. The van der Waals surface area contributed by atoms with E-state index in [0.29, 0.717) is 11.1 Å². The van der Waals surface area contributed by atoms with Gasteiger partial charge in [-0.1, -0.05) is 49.6 Å². The molecule has 0 aromatic heterocycles. The zero-order valence-corrected chi connectivity index (χ0v) is 22.2. The molecule has 0 aromatic rings. The molecule has 4 nitrogen and oxygen atoms in total. The molecule has 0 N–H and O–H groups in total. The SMILES string of the molecule is C=C(C)C(=O)OCCOC(=O)C(=C)C.C=CC.C=CC.C=CC.C=CC.C=CC.C=CC. The molecule has 0 atom stereocenters. The van der Waals surface area contributed by atoms with Gasteiger partial charge in [-0.3, -0.25) is 0 Å². The fourth-order valence-corrected chi connectivity index (χ4v) is 0.515. The molecule has 186 valence electrons. The molecule has 0 bridgehead atoms. The Balaban J connectivity index is -0.0000000568. The summed E-state index contributed by atoms with van der Waals surface area (Å²) in [7, 11) is 0. The van der Waals surface area contributed by atoms with Crippen molar-refractivity contribution in [2.75, 3.05) is 13.2 Å². The van der Waals surface area contributed by atoms with E-state index in [2.05, 4.69) is 62.1 Å². The molecule has 0 heterocycles. The first-order valence-corrected chi connectivity index (χ1v) is 10.0. The van der Waals surface area contributed by atoms with Crippen LogP contribution in [-0.2, 0) is 19.1 Å². The number of carbonyl (C=O) groups excluding carboxylic acids is 2. The summed E-state index contributed by atoms with van der Waals surface area (Å²) in [6, 6.07) is 0. The largest absolute Gasteiger partial charge is 0.459 e. The molecule has 0 amide bonds. The van der Waals surface area contributed by atoms with Gasteiger partial charge in [0.25, 0.3) is 0 Å². The Kier molecular flexibility index (Phi) is 82.8. The Morgan fingerprint density at radius 1 is 0.531 bits per heavy atom. The fraction of sp³-hybridized carbons (Fsp3) is 0.357. The Morgan fingerprint density at radius 3 is 0.750 bits per heavy atom. The Morgan fingerprint density at radius 2 is 0.656 bits per heavy atom. The van der Waals surface area contributed by atoms with E-state index in [-0.39, 0.29) is 13.2 Å². The molecular formula is C28H50O4. The van der Waals surface area contributed by atoms with E-state index in [0.717, 1.165) is 0 Å². The van der Waals surface area contributed by atoms with Gasteiger partial charge in [-0.25, -0.2) is 9.59 Å². The highest BCUT2D eigenvalue weighted by Gasteiger charge is 2.05. The molecular weight excluding hydrogens is 400 g/mol. The average molecular weight is 451 g/mol. The van der Waals surface area contributed by atoms with E-state index in [4.69, 9.17) is 0 Å². The van der Waals surface area contributed by atoms with Crippen molar-refractivity contribution in [2.24, 2.45) is 0 Å². The van der Waals surface area contributed by atoms with Gasteiger partial charge < -0.3 is 9.47 Å². The number of allylic oxidation sites excluding steroid dienone is 6. The lowest BCUT2D eigenvalue weighted by Gasteiger charge is -2.05. The van der Waals surface area contributed by atoms with Crippen molar-refractivity contribution in [2.45, 2.75) is 55.4 Å². The highest BCUT2D eigenvalue weighted by molar-refractivity contribution is 5.87. The molecule has 0 aliphatic heterocycles. The van der Waals surface area contributed by atoms with Gasteiger partial charge in [0.1, 0.15) is 13.2 Å². The van der Waals surface area contributed by atoms with E-state index < -0.39 is 11.9 Å². The lowest BCUT2D eigenvalue weighted by atomic mass is 10.4. The van der Waals surface area contributed by atoms with Crippen LogP contribution in [0.4, 0.5) is 0 Å². The number of ether oxygens (including phenoxy) is 2. The molecule has 0 fully saturated rings. The summed E-state index contributed by atoms with van der Waals surface area (Å²) < 4.78 is 9.38. The molecule has 0 aromatic carbocycles. The molecule has 0 spiro atoms. The molecule has 4 heteroatoms. The normalized spacial score (nSPS) is 6.38. The van der Waals surface area contributed by atoms with Crippen LogP contribution in [0.1, 0.15) is 55.4 Å². The van der Waals surface area contributed by atoms with Gasteiger partial charge in [0.05, 0.1) is 0 Å². The summed E-state index contributed by atoms with van der Waals surface area (Å²) in [4.78, 5) is 21.7. The maximum absolute atomic E-state index is 10.8. The summed E-state index contributed by atoms with van der Waals surface area (Å²) in [6.45, 7) is 41.5. The van der Waals surface area contributed by atoms with Gasteiger partial charge in [0.15, 0.2) is 0 Å². The second kappa shape index (κ2) is 56.5. The number of carbonyl (C=O) groups is 2. The molecule has 0 aliphatic rings. The van der Waals surface area contributed by atoms with Crippen LogP contribution in [0.5, 0.6) is 0 Å². The highest BCUT2D eigenvalue weighted by Crippen LogP contribution is 1.94. The molecule has 0 radical (unpaired) electrons. The van der Waals surface area contributed by atoms with Crippen LogP contribution in [0.3, 0.4) is 0 Å². The third-order valence-electron chi connectivity index (χ3n) is 1.25. The van der Waals surface area contributed by atoms with Crippen LogP contribution >= 0.6 is 0 Å². The fourth-order valence-electron chi connectivity index (χ4n) is 0.515. The molecule has 0 unspecified atom stereocenters. The Bertz CT molecular complexity index is 423. The van der Waals surface area contributed by atoms with E-state index in [1.165, 1.54) is 0 Å². The summed E-state index contributed by atoms with van der Waals surface area (Å²) in [6.07, 6.45) is 10.5. The van der Waals surface area contributed by atoms with Gasteiger partial charge in [0.2, 0.25) is 0 Å². The minimum absolute atomic E-state index is 0.0325. The van der Waals surface area contributed by atoms with Crippen LogP contribution in [0.2, 0.25) is 0 Å². The first-order chi connectivity index (χ1) is 14.9. The standard InChI is InChI=1S/C10H14O4.6C3H6/c1-7(2)9(11)13-5-6-14-10(12)8(3)4;6*1-3-2/h1,3,5-6H2,2,4H3;6*3H,1H2,2H3. The van der Waals surface area contributed by atoms with Crippen molar-refractivity contribution >= 4 is 11.9 Å². The third-order valence-corrected chi connectivity index (χ3v) is 1.25. The van der Waals surface area contributed by atoms with Crippen LogP contribution in [0.15, 0.2) is 100 Å². The number of rotatable bonds is 5. The van der Waals surface area contributed by atoms with E-state index in [1.807, 2.05) is 41.5 Å². The second-order valence-electron chi connectivity index (χ2n) is 5.28. The Hall–Kier alpha value is -3.14. The average Bonchev–Trinajstić information content (AvgIpc) is 2.68. The van der Waals surface area contributed by atoms with Crippen molar-refractivity contribution in [3.8, 4) is 0 Å². The van der Waals surface area contributed by atoms with E-state index >= 15 is 0 Å². The van der Waals surface area contributed by atoms with Crippen LogP contribution in [-0.4, -0.2) is 25.2 Å². The summed E-state index contributed by atoms with van der Waals surface area (Å²) in [5, 5.41) is 0. The van der Waals surface area contributed by atoms with Crippen molar-refractivity contribution in [3.63, 3.8) is 0 Å². The van der Waals surface area contributed by atoms with Gasteiger partial charge >= 0.3 is 11.9 Å². The topological polar surface area (TPSA) is 52.6 Å². The van der Waals surface area contributed by atoms with E-state index in [9.17, 15) is 9.59 Å². The molecule has 0 saturated heterocycles. The minimum atomic E-state index is -0.489. The summed E-state index contributed by atoms with van der Waals surface area (Å²) in [5.74, 6) is -0.979. The maximum atomic E-state index is 10.8. The first-order valence-electron chi connectivity index (χ1n) is 10.0. The minimum Gasteiger partial charge on any atom is -0.459 e. The van der Waals surface area contributed by atoms with Gasteiger partial charge in [-0.2, -0.15) is 0 Å². The van der Waals surface area contributed by atoms with E-state index in [1.54, 1.807) is 50.3 Å². The lowest BCUT2D eigenvalue weighted by molar-refractivity contribution is -0.147. The smallest absolute Gasteiger partial charge is 0.333 e. The summed E-state index contributed by atoms with van der Waals surface area (Å²) >= 11 is 0. The predicted molar refractivity (Wildman–Crippen MR) is 147 cm³/mol. The van der Waals surface area contributed by atoms with Crippen molar-refractivity contribution < 1.29 is 19.1 Å². The van der Waals surface area contributed by atoms with Gasteiger partial charge in [-0.05, 0) is 55.4 Å². The Labute approximate surface area is 200 Å². The zero-order chi connectivity index (χ0) is 27.4. The number of esters is 2. The van der Waals surface area contributed by atoms with Gasteiger partial charge in [-0.15, -0.1) is 39.5 Å². The summed E-state index contributed by atoms with van der Waals surface area (Å²) in [5.41, 5.74) is 0.632. The van der Waals surface area contributed by atoms with Crippen molar-refractivity contribution in [1.82, 2.24) is 0 Å². The molecule has 0 saturated carbocycles. The number of hydrogen-bond donors (Lipinski definition) is 0. The lowest BCUT2D eigenvalue weighted by Crippen LogP contribution is -2.14. The highest BCUT2D eigenvalue weighted by atomic mass is 16.6. The quantitative estimate of drug-likeness (QED) is 0.183. The van der Waals surface area contributed by atoms with Crippen molar-refractivity contribution in [1.29, 1.82) is 0 Å². The van der Waals surface area contributed by atoms with Crippen molar-refractivity contribution in [3.05, 3.63) is 100 Å². The van der Waals surface area contributed by atoms with Crippen LogP contribution in [0, 0.1) is 0 Å². The maximum Gasteiger partial charge on any atom is 0.333 e. The van der Waals surface area contributed by atoms with Gasteiger partial charge in [0, 0.05) is 11.1 Å². The second-order valence-corrected chi connectivity index (χ2v) is 5.28. The van der Waals surface area contributed by atoms with Crippen LogP contribution in [0.25, 0.3) is 0 Å².